The summed E-state index contributed by atoms with van der Waals surface area (Å²) < 4.78 is 5.43. The average Bonchev–Trinajstić information content (AvgIpc) is 2.64. The molecule has 1 atom stereocenters. The summed E-state index contributed by atoms with van der Waals surface area (Å²) >= 11 is 0. The first-order chi connectivity index (χ1) is 12.2. The van der Waals surface area contributed by atoms with E-state index in [-0.39, 0.29) is 24.7 Å². The second kappa shape index (κ2) is 10.5. The number of esters is 1. The fourth-order valence-electron chi connectivity index (χ4n) is 2.65. The molecule has 0 aliphatic heterocycles. The fraction of sp³-hybridized carbons (Fsp3) is 0.318. The van der Waals surface area contributed by atoms with E-state index in [0.29, 0.717) is 0 Å². The van der Waals surface area contributed by atoms with Gasteiger partial charge in [0.05, 0.1) is 12.6 Å². The number of ether oxygens (including phenoxy) is 1. The standard InChI is InChI=1S/C22H27NO2/c1-3-4-7-12-18(2)25-21(24)17-23-22(19-13-8-5-9-14-19)20-15-10-6-11-16-20/h5-16,18,22-23H,3-4,17H2,1-2H3. The van der Waals surface area contributed by atoms with Gasteiger partial charge in [-0.15, -0.1) is 0 Å². The second-order valence-electron chi connectivity index (χ2n) is 6.05. The third kappa shape index (κ3) is 6.55. The van der Waals surface area contributed by atoms with Crippen LogP contribution in [0.4, 0.5) is 0 Å². The molecule has 2 aromatic rings. The third-order valence-electron chi connectivity index (χ3n) is 3.90. The Labute approximate surface area is 150 Å². The lowest BCUT2D eigenvalue weighted by Gasteiger charge is -2.20. The predicted molar refractivity (Wildman–Crippen MR) is 102 cm³/mol. The fourth-order valence-corrected chi connectivity index (χ4v) is 2.65. The van der Waals surface area contributed by atoms with E-state index in [9.17, 15) is 4.79 Å². The van der Waals surface area contributed by atoms with Crippen molar-refractivity contribution in [2.45, 2.75) is 38.8 Å². The van der Waals surface area contributed by atoms with E-state index in [2.05, 4.69) is 42.6 Å². The van der Waals surface area contributed by atoms with Crippen LogP contribution in [0.25, 0.3) is 0 Å². The maximum atomic E-state index is 12.1. The maximum absolute atomic E-state index is 12.1. The summed E-state index contributed by atoms with van der Waals surface area (Å²) in [7, 11) is 0. The zero-order chi connectivity index (χ0) is 17.9. The molecule has 0 saturated heterocycles. The average molecular weight is 337 g/mol. The quantitative estimate of drug-likeness (QED) is 0.534. The van der Waals surface area contributed by atoms with E-state index in [1.165, 1.54) is 0 Å². The summed E-state index contributed by atoms with van der Waals surface area (Å²) in [6.07, 6.45) is 5.89. The van der Waals surface area contributed by atoms with E-state index in [1.807, 2.05) is 49.4 Å². The lowest BCUT2D eigenvalue weighted by Crippen LogP contribution is -2.30. The molecule has 0 heterocycles. The van der Waals surface area contributed by atoms with Crippen LogP contribution in [0.3, 0.4) is 0 Å². The highest BCUT2D eigenvalue weighted by Gasteiger charge is 2.15. The third-order valence-corrected chi connectivity index (χ3v) is 3.90. The smallest absolute Gasteiger partial charge is 0.320 e. The number of benzene rings is 2. The first kappa shape index (κ1) is 18.9. The van der Waals surface area contributed by atoms with E-state index in [1.54, 1.807) is 0 Å². The van der Waals surface area contributed by atoms with Crippen molar-refractivity contribution in [1.82, 2.24) is 5.32 Å². The van der Waals surface area contributed by atoms with E-state index >= 15 is 0 Å². The van der Waals surface area contributed by atoms with Crippen molar-refractivity contribution in [2.75, 3.05) is 6.54 Å². The zero-order valence-corrected chi connectivity index (χ0v) is 15.0. The largest absolute Gasteiger partial charge is 0.457 e. The maximum Gasteiger partial charge on any atom is 0.320 e. The van der Waals surface area contributed by atoms with Crippen molar-refractivity contribution in [2.24, 2.45) is 0 Å². The molecule has 0 aliphatic rings. The molecule has 0 aliphatic carbocycles. The number of allylic oxidation sites excluding steroid dienone is 1. The second-order valence-corrected chi connectivity index (χ2v) is 6.05. The monoisotopic (exact) mass is 337 g/mol. The molecule has 3 nitrogen and oxygen atoms in total. The van der Waals surface area contributed by atoms with Crippen molar-refractivity contribution in [1.29, 1.82) is 0 Å². The van der Waals surface area contributed by atoms with Crippen LogP contribution in [0.2, 0.25) is 0 Å². The van der Waals surface area contributed by atoms with Crippen LogP contribution in [0.5, 0.6) is 0 Å². The minimum absolute atomic E-state index is 0.0408. The normalized spacial score (nSPS) is 12.4. The zero-order valence-electron chi connectivity index (χ0n) is 15.0. The molecule has 0 radical (unpaired) electrons. The molecule has 25 heavy (non-hydrogen) atoms. The Balaban J connectivity index is 1.97. The molecule has 1 N–H and O–H groups in total. The number of carbonyl (C=O) groups is 1. The lowest BCUT2D eigenvalue weighted by molar-refractivity contribution is -0.145. The number of hydrogen-bond acceptors (Lipinski definition) is 3. The molecule has 2 rings (SSSR count). The summed E-state index contributed by atoms with van der Waals surface area (Å²) in [6.45, 7) is 4.18. The molecule has 0 saturated carbocycles. The van der Waals surface area contributed by atoms with Crippen LogP contribution in [-0.4, -0.2) is 18.6 Å². The number of carbonyl (C=O) groups excluding carboxylic acids is 1. The van der Waals surface area contributed by atoms with Gasteiger partial charge in [0.25, 0.3) is 0 Å². The number of unbranched alkanes of at least 4 members (excludes halogenated alkanes) is 1. The van der Waals surface area contributed by atoms with Crippen molar-refractivity contribution < 1.29 is 9.53 Å². The summed E-state index contributed by atoms with van der Waals surface area (Å²) in [5.74, 6) is -0.245. The molecule has 3 heteroatoms. The van der Waals surface area contributed by atoms with Gasteiger partial charge in [-0.2, -0.15) is 0 Å². The van der Waals surface area contributed by atoms with Gasteiger partial charge < -0.3 is 4.74 Å². The summed E-state index contributed by atoms with van der Waals surface area (Å²) in [4.78, 5) is 12.1. The van der Waals surface area contributed by atoms with Crippen molar-refractivity contribution in [3.05, 3.63) is 83.9 Å². The highest BCUT2D eigenvalue weighted by Crippen LogP contribution is 2.21. The first-order valence-electron chi connectivity index (χ1n) is 8.90. The van der Waals surface area contributed by atoms with Crippen molar-refractivity contribution >= 4 is 5.97 Å². The summed E-state index contributed by atoms with van der Waals surface area (Å²) in [5.41, 5.74) is 2.25. The lowest BCUT2D eigenvalue weighted by atomic mass is 9.99. The highest BCUT2D eigenvalue weighted by molar-refractivity contribution is 5.72. The van der Waals surface area contributed by atoms with Crippen LogP contribution >= 0.6 is 0 Å². The van der Waals surface area contributed by atoms with E-state index in [4.69, 9.17) is 4.74 Å². The minimum atomic E-state index is -0.245. The van der Waals surface area contributed by atoms with Gasteiger partial charge in [-0.05, 0) is 30.5 Å². The first-order valence-corrected chi connectivity index (χ1v) is 8.90. The summed E-state index contributed by atoms with van der Waals surface area (Å²) in [6, 6.07) is 20.2. The Morgan fingerprint density at radius 2 is 1.60 bits per heavy atom. The molecule has 0 aromatic heterocycles. The highest BCUT2D eigenvalue weighted by atomic mass is 16.5. The Morgan fingerprint density at radius 1 is 1.04 bits per heavy atom. The number of rotatable bonds is 9. The van der Waals surface area contributed by atoms with Gasteiger partial charge in [0.1, 0.15) is 6.10 Å². The topological polar surface area (TPSA) is 38.3 Å². The minimum Gasteiger partial charge on any atom is -0.457 e. The van der Waals surface area contributed by atoms with Crippen LogP contribution in [0.15, 0.2) is 72.8 Å². The molecule has 0 spiro atoms. The number of hydrogen-bond donors (Lipinski definition) is 1. The predicted octanol–water partition coefficient (Wildman–Crippen LogP) is 4.65. The van der Waals surface area contributed by atoms with Gasteiger partial charge in [0.2, 0.25) is 0 Å². The molecule has 132 valence electrons. The molecule has 0 bridgehead atoms. The Morgan fingerprint density at radius 3 is 2.12 bits per heavy atom. The van der Waals surface area contributed by atoms with Crippen LogP contribution in [0.1, 0.15) is 43.9 Å². The van der Waals surface area contributed by atoms with Gasteiger partial charge in [0.15, 0.2) is 0 Å². The Hall–Kier alpha value is -2.39. The molecule has 0 amide bonds. The van der Waals surface area contributed by atoms with Gasteiger partial charge in [0, 0.05) is 0 Å². The molecule has 0 fully saturated rings. The Kier molecular flexibility index (Phi) is 7.93. The number of nitrogens with one attached hydrogen (secondary N) is 1. The van der Waals surface area contributed by atoms with Gasteiger partial charge in [-0.25, -0.2) is 0 Å². The summed E-state index contributed by atoms with van der Waals surface area (Å²) in [5, 5.41) is 3.33. The molecular formula is C22H27NO2. The SMILES string of the molecule is CCCC=CC(C)OC(=O)CNC(c1ccccc1)c1ccccc1. The van der Waals surface area contributed by atoms with Crippen LogP contribution < -0.4 is 5.32 Å². The van der Waals surface area contributed by atoms with Gasteiger partial charge in [-0.3, -0.25) is 10.1 Å². The molecule has 1 unspecified atom stereocenters. The molecular weight excluding hydrogens is 310 g/mol. The van der Waals surface area contributed by atoms with E-state index in [0.717, 1.165) is 24.0 Å². The van der Waals surface area contributed by atoms with Gasteiger partial charge in [-0.1, -0.05) is 80.1 Å². The van der Waals surface area contributed by atoms with Crippen molar-refractivity contribution in [3.8, 4) is 0 Å². The van der Waals surface area contributed by atoms with Gasteiger partial charge >= 0.3 is 5.97 Å². The van der Waals surface area contributed by atoms with Crippen LogP contribution in [0, 0.1) is 0 Å². The van der Waals surface area contributed by atoms with Crippen LogP contribution in [-0.2, 0) is 9.53 Å². The van der Waals surface area contributed by atoms with E-state index < -0.39 is 0 Å². The van der Waals surface area contributed by atoms with Crippen molar-refractivity contribution in [3.63, 3.8) is 0 Å². The molecule has 2 aromatic carbocycles. The Bertz CT molecular complexity index is 613.